The number of hydrogen-bond acceptors (Lipinski definition) is 0. The molecule has 0 saturated carbocycles. The van der Waals surface area contributed by atoms with Crippen LogP contribution < -0.4 is 0 Å². The van der Waals surface area contributed by atoms with Crippen LogP contribution in [0.2, 0.25) is 0 Å². The minimum Gasteiger partial charge on any atom is -0.207 e. The normalized spacial score (nSPS) is 10.0. The van der Waals surface area contributed by atoms with E-state index in [1.807, 2.05) is 42.5 Å². The summed E-state index contributed by atoms with van der Waals surface area (Å²) in [5, 5.41) is 0. The van der Waals surface area contributed by atoms with Crippen LogP contribution in [-0.4, -0.2) is 0 Å². The fourth-order valence-electron chi connectivity index (χ4n) is 2.06. The third kappa shape index (κ3) is 4.70. The Morgan fingerprint density at radius 1 is 1.14 bits per heavy atom. The fraction of sp³-hybridized carbons (Fsp3) is 0.211. The average molecular weight is 345 g/mol. The Bertz CT molecular complexity index is 650. The van der Waals surface area contributed by atoms with E-state index in [1.54, 1.807) is 0 Å². The highest BCUT2D eigenvalue weighted by Gasteiger charge is 2.01. The maximum atomic E-state index is 13.1. The largest absolute Gasteiger partial charge is 0.207 e. The van der Waals surface area contributed by atoms with Gasteiger partial charge >= 0.3 is 0 Å². The van der Waals surface area contributed by atoms with E-state index in [9.17, 15) is 4.39 Å². The van der Waals surface area contributed by atoms with Crippen LogP contribution in [0.1, 0.15) is 37.3 Å². The Kier molecular flexibility index (Phi) is 5.98. The maximum Gasteiger partial charge on any atom is 0.123 e. The molecule has 0 N–H and O–H groups in total. The Hall–Kier alpha value is -1.63. The average Bonchev–Trinajstić information content (AvgIpc) is 2.50. The van der Waals surface area contributed by atoms with Crippen molar-refractivity contribution in [2.24, 2.45) is 0 Å². The molecule has 0 bridgehead atoms. The zero-order valence-corrected chi connectivity index (χ0v) is 13.7. The van der Waals surface area contributed by atoms with Crippen LogP contribution in [0.25, 0.3) is 11.6 Å². The van der Waals surface area contributed by atoms with E-state index >= 15 is 0 Å². The summed E-state index contributed by atoms with van der Waals surface area (Å²) in [5.74, 6) is -0.205. The summed E-state index contributed by atoms with van der Waals surface area (Å²) in [6, 6.07) is 14.7. The number of rotatable bonds is 5. The van der Waals surface area contributed by atoms with Gasteiger partial charge in [-0.1, -0.05) is 59.6 Å². The summed E-state index contributed by atoms with van der Waals surface area (Å²) in [4.78, 5) is 0. The summed E-state index contributed by atoms with van der Waals surface area (Å²) < 4.78 is 14.1. The van der Waals surface area contributed by atoms with E-state index in [4.69, 9.17) is 0 Å². The molecule has 0 unspecified atom stereocenters. The fourth-order valence-corrected chi connectivity index (χ4v) is 2.46. The summed E-state index contributed by atoms with van der Waals surface area (Å²) in [6.45, 7) is 2.17. The minimum atomic E-state index is -0.205. The molecular weight excluding hydrogens is 327 g/mol. The molecule has 0 spiro atoms. The lowest BCUT2D eigenvalue weighted by Gasteiger charge is -2.04. The third-order valence-corrected chi connectivity index (χ3v) is 4.00. The lowest BCUT2D eigenvalue weighted by molar-refractivity contribution is 0.627. The molecule has 2 rings (SSSR count). The molecule has 0 aromatic heterocycles. The van der Waals surface area contributed by atoms with Crippen LogP contribution in [0, 0.1) is 5.82 Å². The predicted octanol–water partition coefficient (Wildman–Crippen LogP) is 6.47. The van der Waals surface area contributed by atoms with Crippen molar-refractivity contribution in [2.45, 2.75) is 26.2 Å². The van der Waals surface area contributed by atoms with Gasteiger partial charge < -0.3 is 0 Å². The zero-order chi connectivity index (χ0) is 15.1. The second-order valence-electron chi connectivity index (χ2n) is 4.90. The first kappa shape index (κ1) is 15.8. The van der Waals surface area contributed by atoms with Gasteiger partial charge in [-0.15, -0.1) is 5.73 Å². The van der Waals surface area contributed by atoms with Crippen molar-refractivity contribution in [3.8, 4) is 0 Å². The second-order valence-corrected chi connectivity index (χ2v) is 5.75. The molecule has 0 aliphatic heterocycles. The number of hydrogen-bond donors (Lipinski definition) is 0. The molecule has 2 aromatic rings. The van der Waals surface area contributed by atoms with Gasteiger partial charge in [-0.25, -0.2) is 4.39 Å². The van der Waals surface area contributed by atoms with Gasteiger partial charge in [-0.05, 0) is 48.2 Å². The van der Waals surface area contributed by atoms with E-state index < -0.39 is 0 Å². The van der Waals surface area contributed by atoms with Gasteiger partial charge in [0.1, 0.15) is 5.82 Å². The molecule has 108 valence electrons. The van der Waals surface area contributed by atoms with Crippen LogP contribution in [0.3, 0.4) is 0 Å². The Morgan fingerprint density at radius 3 is 2.52 bits per heavy atom. The van der Waals surface area contributed by atoms with E-state index in [0.717, 1.165) is 40.4 Å². The minimum absolute atomic E-state index is 0.205. The SMILES string of the molecule is CCCCC(=C=Cc1ccccc1Br)c1ccc(F)cc1. The number of unbranched alkanes of at least 4 members (excludes halogenated alkanes) is 1. The van der Waals surface area contributed by atoms with Gasteiger partial charge in [0.05, 0.1) is 0 Å². The van der Waals surface area contributed by atoms with Crippen LogP contribution in [-0.2, 0) is 0 Å². The molecule has 0 atom stereocenters. The zero-order valence-electron chi connectivity index (χ0n) is 12.1. The smallest absolute Gasteiger partial charge is 0.123 e. The first-order valence-electron chi connectivity index (χ1n) is 7.16. The van der Waals surface area contributed by atoms with E-state index in [0.29, 0.717) is 0 Å². The quantitative estimate of drug-likeness (QED) is 0.545. The van der Waals surface area contributed by atoms with Gasteiger partial charge in [0.2, 0.25) is 0 Å². The summed E-state index contributed by atoms with van der Waals surface area (Å²) in [6.07, 6.45) is 5.16. The number of benzene rings is 2. The molecule has 2 heteroatoms. The number of allylic oxidation sites excluding steroid dienone is 1. The summed E-state index contributed by atoms with van der Waals surface area (Å²) in [7, 11) is 0. The van der Waals surface area contributed by atoms with Crippen LogP contribution in [0.15, 0.2) is 58.7 Å². The molecule has 0 aliphatic rings. The van der Waals surface area contributed by atoms with Gasteiger partial charge in [0, 0.05) is 10.0 Å². The van der Waals surface area contributed by atoms with Crippen molar-refractivity contribution in [2.75, 3.05) is 0 Å². The molecule has 0 aliphatic carbocycles. The van der Waals surface area contributed by atoms with Gasteiger partial charge in [0.15, 0.2) is 0 Å². The molecule has 0 fully saturated rings. The first-order valence-corrected chi connectivity index (χ1v) is 7.96. The van der Waals surface area contributed by atoms with Crippen molar-refractivity contribution in [3.63, 3.8) is 0 Å². The van der Waals surface area contributed by atoms with Crippen molar-refractivity contribution >= 4 is 27.6 Å². The topological polar surface area (TPSA) is 0 Å². The molecule has 0 nitrogen and oxygen atoms in total. The lowest BCUT2D eigenvalue weighted by Crippen LogP contribution is -1.85. The standard InChI is InChI=1S/C19H18BrF/c1-2-3-6-15(16-11-13-18(21)14-12-16)9-10-17-7-4-5-8-19(17)20/h4-5,7-8,10-14H,2-3,6H2,1H3. The molecule has 0 radical (unpaired) electrons. The molecule has 21 heavy (non-hydrogen) atoms. The second kappa shape index (κ2) is 7.97. The number of halogens is 2. The summed E-state index contributed by atoms with van der Waals surface area (Å²) in [5.41, 5.74) is 6.63. The Balaban J connectivity index is 2.37. The molecule has 0 amide bonds. The summed E-state index contributed by atoms with van der Waals surface area (Å²) >= 11 is 3.53. The van der Waals surface area contributed by atoms with Crippen LogP contribution >= 0.6 is 15.9 Å². The highest BCUT2D eigenvalue weighted by atomic mass is 79.9. The van der Waals surface area contributed by atoms with Gasteiger partial charge in [-0.2, -0.15) is 0 Å². The van der Waals surface area contributed by atoms with Crippen LogP contribution in [0.5, 0.6) is 0 Å². The van der Waals surface area contributed by atoms with Crippen molar-refractivity contribution < 1.29 is 4.39 Å². The van der Waals surface area contributed by atoms with E-state index in [1.165, 1.54) is 12.1 Å². The lowest BCUT2D eigenvalue weighted by atomic mass is 10.0. The van der Waals surface area contributed by atoms with Crippen molar-refractivity contribution in [1.29, 1.82) is 0 Å². The Morgan fingerprint density at radius 2 is 1.86 bits per heavy atom. The molecule has 0 saturated heterocycles. The Labute approximate surface area is 134 Å². The van der Waals surface area contributed by atoms with E-state index in [-0.39, 0.29) is 5.82 Å². The highest BCUT2D eigenvalue weighted by molar-refractivity contribution is 9.10. The molecular formula is C19H18BrF. The van der Waals surface area contributed by atoms with E-state index in [2.05, 4.69) is 28.6 Å². The molecule has 2 aromatic carbocycles. The van der Waals surface area contributed by atoms with Crippen molar-refractivity contribution in [1.82, 2.24) is 0 Å². The molecule has 0 heterocycles. The van der Waals surface area contributed by atoms with Gasteiger partial charge in [0.25, 0.3) is 0 Å². The third-order valence-electron chi connectivity index (χ3n) is 3.28. The predicted molar refractivity (Wildman–Crippen MR) is 91.5 cm³/mol. The highest BCUT2D eigenvalue weighted by Crippen LogP contribution is 2.22. The maximum absolute atomic E-state index is 13.1. The first-order chi connectivity index (χ1) is 10.2. The van der Waals surface area contributed by atoms with Crippen molar-refractivity contribution in [3.05, 3.63) is 75.7 Å². The van der Waals surface area contributed by atoms with Crippen LogP contribution in [0.4, 0.5) is 4.39 Å². The monoisotopic (exact) mass is 344 g/mol. The van der Waals surface area contributed by atoms with Gasteiger partial charge in [-0.3, -0.25) is 0 Å².